The van der Waals surface area contributed by atoms with E-state index in [1.807, 2.05) is 0 Å². The Kier molecular flexibility index (Phi) is 1.91. The first kappa shape index (κ1) is 8.09. The molecule has 0 amide bonds. The van der Waals surface area contributed by atoms with Crippen molar-refractivity contribution in [2.75, 3.05) is 6.54 Å². The molecule has 0 saturated heterocycles. The van der Waals surface area contributed by atoms with Gasteiger partial charge in [0.2, 0.25) is 0 Å². The molecule has 6 nitrogen and oxygen atoms in total. The third-order valence-corrected chi connectivity index (χ3v) is 1.72. The second-order valence-electron chi connectivity index (χ2n) is 2.60. The maximum Gasteiger partial charge on any atom is 0.184 e. The number of fused-ring (bicyclic) bond motifs is 1. The number of rotatable bonds is 2. The third kappa shape index (κ3) is 1.25. The van der Waals surface area contributed by atoms with Gasteiger partial charge in [0.1, 0.15) is 6.10 Å². The molecular formula is C7H9N5O. The normalized spacial score (nSPS) is 13.4. The molecular weight excluding hydrogens is 170 g/mol. The predicted molar refractivity (Wildman–Crippen MR) is 44.8 cm³/mol. The second-order valence-corrected chi connectivity index (χ2v) is 2.60. The average Bonchev–Trinajstić information content (AvgIpc) is 2.60. The van der Waals surface area contributed by atoms with Crippen LogP contribution in [0, 0.1) is 0 Å². The Hall–Kier alpha value is -1.53. The zero-order valence-electron chi connectivity index (χ0n) is 6.83. The molecule has 2 aromatic rings. The van der Waals surface area contributed by atoms with Gasteiger partial charge in [0.15, 0.2) is 11.5 Å². The largest absolute Gasteiger partial charge is 0.384 e. The van der Waals surface area contributed by atoms with Crippen molar-refractivity contribution < 1.29 is 5.11 Å². The highest BCUT2D eigenvalue weighted by atomic mass is 16.3. The minimum Gasteiger partial charge on any atom is -0.384 e. The van der Waals surface area contributed by atoms with E-state index in [1.54, 1.807) is 18.3 Å². The van der Waals surface area contributed by atoms with Gasteiger partial charge in [-0.15, -0.1) is 10.2 Å². The first-order valence-electron chi connectivity index (χ1n) is 3.87. The first-order valence-corrected chi connectivity index (χ1v) is 3.87. The second kappa shape index (κ2) is 3.08. The molecule has 2 heterocycles. The van der Waals surface area contributed by atoms with Crippen molar-refractivity contribution in [3.8, 4) is 0 Å². The number of aliphatic hydroxyl groups is 1. The first-order chi connectivity index (χ1) is 6.33. The van der Waals surface area contributed by atoms with E-state index in [1.165, 1.54) is 4.52 Å². The third-order valence-electron chi connectivity index (χ3n) is 1.72. The quantitative estimate of drug-likeness (QED) is 0.624. The van der Waals surface area contributed by atoms with Gasteiger partial charge in [-0.25, -0.2) is 0 Å². The molecule has 68 valence electrons. The molecule has 6 heteroatoms. The maximum absolute atomic E-state index is 9.43. The Balaban J connectivity index is 2.57. The Morgan fingerprint density at radius 1 is 1.54 bits per heavy atom. The van der Waals surface area contributed by atoms with E-state index in [0.29, 0.717) is 11.5 Å². The fraction of sp³-hybridized carbons (Fsp3) is 0.286. The standard InChI is InChI=1S/C7H9N5O/c8-4-5(13)7-11-10-6-2-1-3-9-12(6)7/h1-3,5,13H,4,8H2. The summed E-state index contributed by atoms with van der Waals surface area (Å²) in [5, 5.41) is 21.0. The summed E-state index contributed by atoms with van der Waals surface area (Å²) >= 11 is 0. The van der Waals surface area contributed by atoms with E-state index >= 15 is 0 Å². The van der Waals surface area contributed by atoms with Crippen molar-refractivity contribution in [2.45, 2.75) is 6.10 Å². The van der Waals surface area contributed by atoms with Gasteiger partial charge in [-0.05, 0) is 12.1 Å². The van der Waals surface area contributed by atoms with Crippen LogP contribution in [0.5, 0.6) is 0 Å². The molecule has 3 N–H and O–H groups in total. The Labute approximate surface area is 74.0 Å². The van der Waals surface area contributed by atoms with Crippen LogP contribution in [0.25, 0.3) is 5.65 Å². The molecule has 0 radical (unpaired) electrons. The molecule has 2 aromatic heterocycles. The minimum atomic E-state index is -0.815. The van der Waals surface area contributed by atoms with Gasteiger partial charge >= 0.3 is 0 Å². The fourth-order valence-corrected chi connectivity index (χ4v) is 1.07. The van der Waals surface area contributed by atoms with E-state index in [2.05, 4.69) is 15.3 Å². The van der Waals surface area contributed by atoms with Crippen molar-refractivity contribution in [2.24, 2.45) is 5.73 Å². The summed E-state index contributed by atoms with van der Waals surface area (Å²) in [6.45, 7) is 0.108. The lowest BCUT2D eigenvalue weighted by Crippen LogP contribution is -2.15. The van der Waals surface area contributed by atoms with Crippen LogP contribution in [0.3, 0.4) is 0 Å². The van der Waals surface area contributed by atoms with Crippen molar-refractivity contribution >= 4 is 5.65 Å². The van der Waals surface area contributed by atoms with Crippen molar-refractivity contribution in [3.05, 3.63) is 24.2 Å². The van der Waals surface area contributed by atoms with E-state index < -0.39 is 6.10 Å². The lowest BCUT2D eigenvalue weighted by atomic mass is 10.3. The van der Waals surface area contributed by atoms with Gasteiger partial charge in [-0.2, -0.15) is 9.61 Å². The van der Waals surface area contributed by atoms with Gasteiger partial charge in [-0.3, -0.25) is 0 Å². The van der Waals surface area contributed by atoms with E-state index in [9.17, 15) is 5.11 Å². The molecule has 0 aliphatic rings. The summed E-state index contributed by atoms with van der Waals surface area (Å²) < 4.78 is 1.47. The molecule has 0 fully saturated rings. The Bertz CT molecular complexity index is 412. The molecule has 13 heavy (non-hydrogen) atoms. The van der Waals surface area contributed by atoms with Crippen molar-refractivity contribution in [1.82, 2.24) is 19.8 Å². The molecule has 0 bridgehead atoms. The summed E-state index contributed by atoms with van der Waals surface area (Å²) in [5.74, 6) is 0.373. The average molecular weight is 179 g/mol. The lowest BCUT2D eigenvalue weighted by Gasteiger charge is -2.02. The predicted octanol–water partition coefficient (Wildman–Crippen LogP) is -0.884. The van der Waals surface area contributed by atoms with E-state index in [4.69, 9.17) is 5.73 Å². The minimum absolute atomic E-state index is 0.108. The van der Waals surface area contributed by atoms with Crippen LogP contribution in [0.2, 0.25) is 0 Å². The van der Waals surface area contributed by atoms with Crippen LogP contribution in [-0.4, -0.2) is 31.5 Å². The van der Waals surface area contributed by atoms with Crippen molar-refractivity contribution in [3.63, 3.8) is 0 Å². The summed E-state index contributed by atoms with van der Waals surface area (Å²) in [6.07, 6.45) is 0.785. The van der Waals surface area contributed by atoms with Crippen LogP contribution >= 0.6 is 0 Å². The number of nitrogens with two attached hydrogens (primary N) is 1. The number of hydrogen-bond donors (Lipinski definition) is 2. The molecule has 2 rings (SSSR count). The lowest BCUT2D eigenvalue weighted by molar-refractivity contribution is 0.174. The molecule has 1 atom stereocenters. The summed E-state index contributed by atoms with van der Waals surface area (Å²) in [4.78, 5) is 0. The highest BCUT2D eigenvalue weighted by molar-refractivity contribution is 5.34. The number of aliphatic hydroxyl groups excluding tert-OH is 1. The molecule has 0 aliphatic heterocycles. The molecule has 0 saturated carbocycles. The molecule has 1 unspecified atom stereocenters. The Morgan fingerprint density at radius 2 is 2.38 bits per heavy atom. The topological polar surface area (TPSA) is 89.3 Å². The fourth-order valence-electron chi connectivity index (χ4n) is 1.07. The van der Waals surface area contributed by atoms with Crippen molar-refractivity contribution in [1.29, 1.82) is 0 Å². The van der Waals surface area contributed by atoms with Crippen LogP contribution in [-0.2, 0) is 0 Å². The van der Waals surface area contributed by atoms with Gasteiger partial charge < -0.3 is 10.8 Å². The highest BCUT2D eigenvalue weighted by Gasteiger charge is 2.13. The molecule has 0 aliphatic carbocycles. The van der Waals surface area contributed by atoms with Crippen LogP contribution in [0.1, 0.15) is 11.9 Å². The zero-order chi connectivity index (χ0) is 9.26. The van der Waals surface area contributed by atoms with Crippen LogP contribution in [0.15, 0.2) is 18.3 Å². The monoisotopic (exact) mass is 179 g/mol. The molecule has 0 aromatic carbocycles. The van der Waals surface area contributed by atoms with Crippen LogP contribution < -0.4 is 5.73 Å². The van der Waals surface area contributed by atoms with Gasteiger partial charge in [-0.1, -0.05) is 0 Å². The molecule has 0 spiro atoms. The SMILES string of the molecule is NCC(O)c1nnc2cccnn12. The smallest absolute Gasteiger partial charge is 0.184 e. The number of hydrogen-bond acceptors (Lipinski definition) is 5. The van der Waals surface area contributed by atoms with Gasteiger partial charge in [0, 0.05) is 12.7 Å². The maximum atomic E-state index is 9.43. The number of aromatic nitrogens is 4. The Morgan fingerprint density at radius 3 is 3.15 bits per heavy atom. The number of nitrogens with zero attached hydrogens (tertiary/aromatic N) is 4. The van der Waals surface area contributed by atoms with Gasteiger partial charge in [0.05, 0.1) is 0 Å². The van der Waals surface area contributed by atoms with Gasteiger partial charge in [0.25, 0.3) is 0 Å². The van der Waals surface area contributed by atoms with E-state index in [-0.39, 0.29) is 6.54 Å². The van der Waals surface area contributed by atoms with E-state index in [0.717, 1.165) is 0 Å². The van der Waals surface area contributed by atoms with Crippen LogP contribution in [0.4, 0.5) is 0 Å². The summed E-state index contributed by atoms with van der Waals surface area (Å²) in [5.41, 5.74) is 5.90. The summed E-state index contributed by atoms with van der Waals surface area (Å²) in [6, 6.07) is 3.51. The summed E-state index contributed by atoms with van der Waals surface area (Å²) in [7, 11) is 0. The zero-order valence-corrected chi connectivity index (χ0v) is 6.83. The highest BCUT2D eigenvalue weighted by Crippen LogP contribution is 2.08.